The molecule has 0 bridgehead atoms. The van der Waals surface area contributed by atoms with Crippen LogP contribution in [0.2, 0.25) is 0 Å². The van der Waals surface area contributed by atoms with Crippen LogP contribution in [0, 0.1) is 5.92 Å². The molecule has 6 heteroatoms. The van der Waals surface area contributed by atoms with Crippen molar-refractivity contribution >= 4 is 10.0 Å². The van der Waals surface area contributed by atoms with Crippen LogP contribution in [0.15, 0.2) is 0 Å². The molecule has 0 aromatic carbocycles. The number of nitrogens with one attached hydrogen (secondary N) is 1. The molecule has 1 unspecified atom stereocenters. The first-order valence-corrected chi connectivity index (χ1v) is 8.60. The van der Waals surface area contributed by atoms with Crippen LogP contribution in [0.4, 0.5) is 0 Å². The van der Waals surface area contributed by atoms with Gasteiger partial charge in [0, 0.05) is 39.4 Å². The predicted molar refractivity (Wildman–Crippen MR) is 77.7 cm³/mol. The van der Waals surface area contributed by atoms with Crippen molar-refractivity contribution in [1.82, 2.24) is 9.62 Å². The Morgan fingerprint density at radius 1 is 1.26 bits per heavy atom. The maximum Gasteiger partial charge on any atom is 0.217 e. The number of ether oxygens (including phenoxy) is 1. The Kier molecular flexibility index (Phi) is 6.73. The highest BCUT2D eigenvalue weighted by molar-refractivity contribution is 7.89. The quantitative estimate of drug-likeness (QED) is 0.762. The van der Waals surface area contributed by atoms with E-state index >= 15 is 0 Å². The maximum atomic E-state index is 12.4. The molecule has 0 amide bonds. The second-order valence-corrected chi connectivity index (χ2v) is 8.21. The van der Waals surface area contributed by atoms with Crippen molar-refractivity contribution in [2.45, 2.75) is 44.9 Å². The van der Waals surface area contributed by atoms with Gasteiger partial charge in [-0.1, -0.05) is 13.8 Å². The third-order valence-corrected chi connectivity index (χ3v) is 5.81. The molecule has 0 aromatic heterocycles. The fourth-order valence-electron chi connectivity index (χ4n) is 2.21. The van der Waals surface area contributed by atoms with Crippen LogP contribution in [0.5, 0.6) is 0 Å². The summed E-state index contributed by atoms with van der Waals surface area (Å²) in [6.45, 7) is 8.42. The largest absolute Gasteiger partial charge is 0.381 e. The molecule has 0 aliphatic carbocycles. The Hall–Kier alpha value is -0.170. The highest BCUT2D eigenvalue weighted by Crippen LogP contribution is 2.18. The minimum absolute atomic E-state index is 0.304. The average molecular weight is 292 g/mol. The molecular weight excluding hydrogens is 264 g/mol. The standard InChI is InChI=1S/C13H28N2O3S/c1-11(2)14-9-12(3)19(16,17)15(4)10-13-5-7-18-8-6-13/h11-14H,5-10H2,1-4H3. The van der Waals surface area contributed by atoms with Crippen LogP contribution < -0.4 is 5.32 Å². The van der Waals surface area contributed by atoms with Crippen molar-refractivity contribution in [1.29, 1.82) is 0 Å². The molecule has 0 radical (unpaired) electrons. The van der Waals surface area contributed by atoms with E-state index in [2.05, 4.69) is 5.32 Å². The van der Waals surface area contributed by atoms with E-state index in [0.29, 0.717) is 25.0 Å². The minimum atomic E-state index is -3.20. The predicted octanol–water partition coefficient (Wildman–Crippen LogP) is 1.06. The molecule has 1 atom stereocenters. The summed E-state index contributed by atoms with van der Waals surface area (Å²) in [6.07, 6.45) is 1.91. The Balaban J connectivity index is 2.49. The normalized spacial score (nSPS) is 20.1. The Bertz CT molecular complexity index is 351. The molecule has 0 spiro atoms. The van der Waals surface area contributed by atoms with Gasteiger partial charge in [-0.3, -0.25) is 0 Å². The first-order valence-electron chi connectivity index (χ1n) is 7.10. The second-order valence-electron chi connectivity index (χ2n) is 5.75. The lowest BCUT2D eigenvalue weighted by molar-refractivity contribution is 0.0619. The fraction of sp³-hybridized carbons (Fsp3) is 1.00. The molecule has 1 N–H and O–H groups in total. The van der Waals surface area contributed by atoms with E-state index in [1.807, 2.05) is 13.8 Å². The summed E-state index contributed by atoms with van der Waals surface area (Å²) in [5.41, 5.74) is 0. The summed E-state index contributed by atoms with van der Waals surface area (Å²) >= 11 is 0. The van der Waals surface area contributed by atoms with Crippen molar-refractivity contribution in [2.75, 3.05) is 33.4 Å². The van der Waals surface area contributed by atoms with Crippen LogP contribution in [0.25, 0.3) is 0 Å². The van der Waals surface area contributed by atoms with E-state index in [-0.39, 0.29) is 5.25 Å². The van der Waals surface area contributed by atoms with E-state index in [1.165, 1.54) is 4.31 Å². The first kappa shape index (κ1) is 16.9. The summed E-state index contributed by atoms with van der Waals surface area (Å²) in [5.74, 6) is 0.429. The lowest BCUT2D eigenvalue weighted by Crippen LogP contribution is -2.43. The van der Waals surface area contributed by atoms with Crippen molar-refractivity contribution in [3.8, 4) is 0 Å². The van der Waals surface area contributed by atoms with Gasteiger partial charge in [-0.25, -0.2) is 12.7 Å². The van der Waals surface area contributed by atoms with Crippen molar-refractivity contribution in [3.63, 3.8) is 0 Å². The molecule has 1 rings (SSSR count). The third kappa shape index (κ3) is 5.38. The van der Waals surface area contributed by atoms with Gasteiger partial charge in [-0.05, 0) is 25.7 Å². The van der Waals surface area contributed by atoms with Gasteiger partial charge in [0.15, 0.2) is 0 Å². The van der Waals surface area contributed by atoms with Gasteiger partial charge in [-0.2, -0.15) is 0 Å². The molecule has 114 valence electrons. The van der Waals surface area contributed by atoms with E-state index in [0.717, 1.165) is 26.1 Å². The van der Waals surface area contributed by atoms with Gasteiger partial charge in [0.1, 0.15) is 0 Å². The lowest BCUT2D eigenvalue weighted by Gasteiger charge is -2.28. The Labute approximate surface area is 117 Å². The summed E-state index contributed by atoms with van der Waals surface area (Å²) in [7, 11) is -1.51. The van der Waals surface area contributed by atoms with Crippen LogP contribution in [0.3, 0.4) is 0 Å². The molecule has 1 heterocycles. The van der Waals surface area contributed by atoms with Crippen LogP contribution >= 0.6 is 0 Å². The molecule has 1 aliphatic rings. The van der Waals surface area contributed by atoms with E-state index < -0.39 is 10.0 Å². The second kappa shape index (κ2) is 7.57. The molecule has 0 aromatic rings. The molecule has 1 aliphatic heterocycles. The van der Waals surface area contributed by atoms with Gasteiger partial charge < -0.3 is 10.1 Å². The third-order valence-electron chi connectivity index (χ3n) is 3.61. The smallest absolute Gasteiger partial charge is 0.217 e. The first-order chi connectivity index (χ1) is 8.84. The van der Waals surface area contributed by atoms with Gasteiger partial charge in [0.25, 0.3) is 0 Å². The zero-order valence-corrected chi connectivity index (χ0v) is 13.4. The number of hydrogen-bond acceptors (Lipinski definition) is 4. The van der Waals surface area contributed by atoms with E-state index in [1.54, 1.807) is 14.0 Å². The molecule has 19 heavy (non-hydrogen) atoms. The van der Waals surface area contributed by atoms with Crippen molar-refractivity contribution in [3.05, 3.63) is 0 Å². The summed E-state index contributed by atoms with van der Waals surface area (Å²) in [4.78, 5) is 0. The number of nitrogens with zero attached hydrogens (tertiary/aromatic N) is 1. The monoisotopic (exact) mass is 292 g/mol. The zero-order valence-electron chi connectivity index (χ0n) is 12.6. The number of hydrogen-bond donors (Lipinski definition) is 1. The fourth-order valence-corrected chi connectivity index (χ4v) is 3.55. The summed E-state index contributed by atoms with van der Waals surface area (Å²) in [5, 5.41) is 2.79. The van der Waals surface area contributed by atoms with Gasteiger partial charge in [0.2, 0.25) is 10.0 Å². The molecular formula is C13H28N2O3S. The number of sulfonamides is 1. The zero-order chi connectivity index (χ0) is 14.5. The topological polar surface area (TPSA) is 58.6 Å². The minimum Gasteiger partial charge on any atom is -0.381 e. The van der Waals surface area contributed by atoms with Crippen LogP contribution in [-0.2, 0) is 14.8 Å². The molecule has 0 saturated carbocycles. The van der Waals surface area contributed by atoms with Gasteiger partial charge >= 0.3 is 0 Å². The average Bonchev–Trinajstić information content (AvgIpc) is 2.36. The SMILES string of the molecule is CC(C)NCC(C)S(=O)(=O)N(C)CC1CCOCC1. The van der Waals surface area contributed by atoms with Gasteiger partial charge in [0.05, 0.1) is 5.25 Å². The summed E-state index contributed by atoms with van der Waals surface area (Å²) in [6, 6.07) is 0.304. The van der Waals surface area contributed by atoms with Crippen LogP contribution in [-0.4, -0.2) is 57.4 Å². The molecule has 1 saturated heterocycles. The lowest BCUT2D eigenvalue weighted by atomic mass is 10.0. The van der Waals surface area contributed by atoms with Crippen molar-refractivity contribution in [2.24, 2.45) is 5.92 Å². The molecule has 1 fully saturated rings. The van der Waals surface area contributed by atoms with Crippen molar-refractivity contribution < 1.29 is 13.2 Å². The molecule has 5 nitrogen and oxygen atoms in total. The number of rotatable bonds is 7. The van der Waals surface area contributed by atoms with E-state index in [4.69, 9.17) is 4.74 Å². The maximum absolute atomic E-state index is 12.4. The summed E-state index contributed by atoms with van der Waals surface area (Å²) < 4.78 is 31.6. The van der Waals surface area contributed by atoms with E-state index in [9.17, 15) is 8.42 Å². The van der Waals surface area contributed by atoms with Crippen LogP contribution in [0.1, 0.15) is 33.6 Å². The van der Waals surface area contributed by atoms with Gasteiger partial charge in [-0.15, -0.1) is 0 Å². The highest BCUT2D eigenvalue weighted by Gasteiger charge is 2.28. The highest BCUT2D eigenvalue weighted by atomic mass is 32.2. The Morgan fingerprint density at radius 2 is 1.84 bits per heavy atom. The Morgan fingerprint density at radius 3 is 2.37 bits per heavy atom.